The molecule has 0 aromatic heterocycles. The van der Waals surface area contributed by atoms with Crippen LogP contribution >= 0.6 is 46.4 Å². The van der Waals surface area contributed by atoms with Crippen LogP contribution < -0.4 is 0 Å². The molecular formula is C10H8Cl4N2O. The van der Waals surface area contributed by atoms with Gasteiger partial charge in [0.1, 0.15) is 0 Å². The summed E-state index contributed by atoms with van der Waals surface area (Å²) in [5.41, 5.74) is 1.09. The van der Waals surface area contributed by atoms with Crippen molar-refractivity contribution in [2.24, 2.45) is 10.2 Å². The Bertz CT molecular complexity index is 485. The Labute approximate surface area is 119 Å². The summed E-state index contributed by atoms with van der Waals surface area (Å²) in [6.45, 7) is 2.96. The molecule has 0 aliphatic heterocycles. The largest absolute Gasteiger partial charge is 0.294 e. The first-order valence-corrected chi connectivity index (χ1v) is 6.02. The van der Waals surface area contributed by atoms with E-state index in [9.17, 15) is 4.79 Å². The van der Waals surface area contributed by atoms with Gasteiger partial charge in [-0.3, -0.25) is 4.79 Å². The Balaban J connectivity index is 3.12. The molecule has 0 bridgehead atoms. The second-order valence-corrected chi connectivity index (χ2v) is 5.46. The van der Waals surface area contributed by atoms with Crippen LogP contribution in [0.3, 0.4) is 0 Å². The minimum absolute atomic E-state index is 0.409. The number of rotatable bonds is 3. The molecule has 3 nitrogen and oxygen atoms in total. The maximum atomic E-state index is 11.0. The predicted molar refractivity (Wildman–Crippen MR) is 70.8 cm³/mol. The monoisotopic (exact) mass is 312 g/mol. The standard InChI is InChI=1S/C10H8Cl4N2O/c1-5-8(12)3-7(11)4-9(5)15-16-10(13,14)6(2)17/h3-4H,1-2H3. The van der Waals surface area contributed by atoms with E-state index in [1.165, 1.54) is 6.92 Å². The number of Topliss-reactive ketones (excluding diaryl/α,β-unsaturated/α-hetero) is 1. The number of alkyl halides is 2. The summed E-state index contributed by atoms with van der Waals surface area (Å²) in [5, 5.41) is 8.21. The third-order valence-corrected chi connectivity index (χ3v) is 3.28. The summed E-state index contributed by atoms with van der Waals surface area (Å²) in [6.07, 6.45) is 0. The molecule has 0 spiro atoms. The van der Waals surface area contributed by atoms with Gasteiger partial charge in [0, 0.05) is 10.0 Å². The minimum Gasteiger partial charge on any atom is -0.294 e. The van der Waals surface area contributed by atoms with E-state index >= 15 is 0 Å². The first-order valence-electron chi connectivity index (χ1n) is 4.51. The fraction of sp³-hybridized carbons (Fsp3) is 0.300. The Hall–Kier alpha value is -0.350. The Morgan fingerprint density at radius 1 is 1.29 bits per heavy atom. The van der Waals surface area contributed by atoms with Crippen molar-refractivity contribution in [1.82, 2.24) is 0 Å². The normalized spacial score (nSPS) is 12.1. The lowest BCUT2D eigenvalue weighted by Gasteiger charge is -2.08. The Morgan fingerprint density at radius 2 is 1.88 bits per heavy atom. The molecule has 0 aliphatic rings. The summed E-state index contributed by atoms with van der Waals surface area (Å²) in [7, 11) is 0. The summed E-state index contributed by atoms with van der Waals surface area (Å²) in [5.74, 6) is -0.518. The highest BCUT2D eigenvalue weighted by molar-refractivity contribution is 6.57. The SMILES string of the molecule is CC(=O)C(Cl)(Cl)N=Nc1cc(Cl)cc(Cl)c1C. The molecule has 0 radical (unpaired) electrons. The van der Waals surface area contributed by atoms with Crippen molar-refractivity contribution >= 4 is 57.9 Å². The fourth-order valence-electron chi connectivity index (χ4n) is 0.923. The van der Waals surface area contributed by atoms with E-state index in [0.717, 1.165) is 0 Å². The molecule has 17 heavy (non-hydrogen) atoms. The lowest BCUT2D eigenvalue weighted by molar-refractivity contribution is -0.117. The molecule has 0 saturated heterocycles. The number of hydrogen-bond acceptors (Lipinski definition) is 3. The molecule has 1 rings (SSSR count). The van der Waals surface area contributed by atoms with Crippen LogP contribution in [-0.2, 0) is 4.79 Å². The summed E-state index contributed by atoms with van der Waals surface area (Å²) < 4.78 is -1.89. The zero-order valence-corrected chi connectivity index (χ0v) is 12.0. The number of ketones is 1. The van der Waals surface area contributed by atoms with Gasteiger partial charge in [-0.05, 0) is 31.5 Å². The third kappa shape index (κ3) is 3.81. The number of hydrogen-bond donors (Lipinski definition) is 0. The lowest BCUT2D eigenvalue weighted by atomic mass is 10.2. The molecule has 1 aromatic rings. The van der Waals surface area contributed by atoms with E-state index in [0.29, 0.717) is 21.3 Å². The number of azo groups is 1. The summed E-state index contributed by atoms with van der Waals surface area (Å²) in [6, 6.07) is 3.13. The molecule has 0 heterocycles. The molecule has 0 N–H and O–H groups in total. The van der Waals surface area contributed by atoms with Crippen LogP contribution in [-0.4, -0.2) is 10.2 Å². The second kappa shape index (κ2) is 5.53. The van der Waals surface area contributed by atoms with Crippen LogP contribution in [0, 0.1) is 6.92 Å². The number of nitrogens with zero attached hydrogens (tertiary/aromatic N) is 2. The number of carbonyl (C=O) groups excluding carboxylic acids is 1. The van der Waals surface area contributed by atoms with Crippen LogP contribution in [0.1, 0.15) is 12.5 Å². The number of halogens is 4. The zero-order valence-electron chi connectivity index (χ0n) is 8.97. The van der Waals surface area contributed by atoms with E-state index in [1.54, 1.807) is 19.1 Å². The highest BCUT2D eigenvalue weighted by Gasteiger charge is 2.29. The van der Waals surface area contributed by atoms with Crippen molar-refractivity contribution in [1.29, 1.82) is 0 Å². The predicted octanol–water partition coefficient (Wildman–Crippen LogP) is 5.11. The Morgan fingerprint density at radius 3 is 2.41 bits per heavy atom. The van der Waals surface area contributed by atoms with Crippen LogP contribution in [0.5, 0.6) is 0 Å². The van der Waals surface area contributed by atoms with Crippen molar-refractivity contribution in [3.05, 3.63) is 27.7 Å². The first-order chi connectivity index (χ1) is 7.74. The summed E-state index contributed by atoms with van der Waals surface area (Å²) in [4.78, 5) is 11.0. The molecule has 1 aromatic carbocycles. The lowest BCUT2D eigenvalue weighted by Crippen LogP contribution is -2.19. The quantitative estimate of drug-likeness (QED) is 0.434. The van der Waals surface area contributed by atoms with Crippen molar-refractivity contribution < 1.29 is 4.79 Å². The third-order valence-electron chi connectivity index (χ3n) is 1.99. The first kappa shape index (κ1) is 14.7. The maximum Gasteiger partial charge on any atom is 0.285 e. The van der Waals surface area contributed by atoms with E-state index in [1.807, 2.05) is 0 Å². The van der Waals surface area contributed by atoms with Gasteiger partial charge in [0.2, 0.25) is 0 Å². The smallest absolute Gasteiger partial charge is 0.285 e. The van der Waals surface area contributed by atoms with Crippen LogP contribution in [0.25, 0.3) is 0 Å². The van der Waals surface area contributed by atoms with Crippen LogP contribution in [0.2, 0.25) is 10.0 Å². The second-order valence-electron chi connectivity index (χ2n) is 3.33. The van der Waals surface area contributed by atoms with Gasteiger partial charge in [-0.15, -0.1) is 5.11 Å². The van der Waals surface area contributed by atoms with E-state index in [-0.39, 0.29) is 0 Å². The molecule has 0 atom stereocenters. The average Bonchev–Trinajstić information content (AvgIpc) is 2.21. The molecule has 7 heteroatoms. The average molecular weight is 314 g/mol. The molecule has 0 fully saturated rings. The molecule has 0 amide bonds. The van der Waals surface area contributed by atoms with E-state index in [2.05, 4.69) is 10.2 Å². The summed E-state index contributed by atoms with van der Waals surface area (Å²) >= 11 is 23.0. The molecule has 0 saturated carbocycles. The topological polar surface area (TPSA) is 41.8 Å². The fourth-order valence-corrected chi connectivity index (χ4v) is 1.48. The van der Waals surface area contributed by atoms with Crippen molar-refractivity contribution in [2.45, 2.75) is 18.3 Å². The van der Waals surface area contributed by atoms with Gasteiger partial charge < -0.3 is 0 Å². The van der Waals surface area contributed by atoms with Gasteiger partial charge in [-0.1, -0.05) is 46.4 Å². The van der Waals surface area contributed by atoms with E-state index < -0.39 is 10.2 Å². The number of carbonyl (C=O) groups is 1. The minimum atomic E-state index is -1.89. The molecule has 92 valence electrons. The molecule has 0 aliphatic carbocycles. The van der Waals surface area contributed by atoms with Crippen molar-refractivity contribution in [2.75, 3.05) is 0 Å². The van der Waals surface area contributed by atoms with E-state index in [4.69, 9.17) is 46.4 Å². The van der Waals surface area contributed by atoms with Gasteiger partial charge in [0.15, 0.2) is 5.78 Å². The van der Waals surface area contributed by atoms with Crippen LogP contribution in [0.4, 0.5) is 5.69 Å². The molecule has 0 unspecified atom stereocenters. The van der Waals surface area contributed by atoms with Gasteiger partial charge in [-0.25, -0.2) is 0 Å². The van der Waals surface area contributed by atoms with Crippen molar-refractivity contribution in [3.8, 4) is 0 Å². The zero-order chi connectivity index (χ0) is 13.2. The van der Waals surface area contributed by atoms with Gasteiger partial charge >= 0.3 is 0 Å². The van der Waals surface area contributed by atoms with Crippen molar-refractivity contribution in [3.63, 3.8) is 0 Å². The highest BCUT2D eigenvalue weighted by atomic mass is 35.5. The molecular weight excluding hydrogens is 306 g/mol. The number of benzene rings is 1. The highest BCUT2D eigenvalue weighted by Crippen LogP contribution is 2.33. The van der Waals surface area contributed by atoms with Crippen LogP contribution in [0.15, 0.2) is 22.4 Å². The van der Waals surface area contributed by atoms with Gasteiger partial charge in [0.25, 0.3) is 4.46 Å². The van der Waals surface area contributed by atoms with Gasteiger partial charge in [0.05, 0.1) is 5.69 Å². The Kier molecular flexibility index (Phi) is 4.78. The van der Waals surface area contributed by atoms with Gasteiger partial charge in [-0.2, -0.15) is 5.11 Å². The maximum absolute atomic E-state index is 11.0.